The molecule has 6 nitrogen and oxygen atoms in total. The summed E-state index contributed by atoms with van der Waals surface area (Å²) in [6.45, 7) is 4.54. The molecule has 0 aromatic heterocycles. The molecule has 0 unspecified atom stereocenters. The van der Waals surface area contributed by atoms with E-state index in [1.807, 2.05) is 56.4 Å². The van der Waals surface area contributed by atoms with E-state index in [2.05, 4.69) is 20.5 Å². The second-order valence-electron chi connectivity index (χ2n) is 6.06. The minimum Gasteiger partial charge on any atom is -0.497 e. The van der Waals surface area contributed by atoms with Crippen molar-refractivity contribution < 1.29 is 9.53 Å². The smallest absolute Gasteiger partial charge is 0.251 e. The van der Waals surface area contributed by atoms with Gasteiger partial charge in [0, 0.05) is 32.2 Å². The van der Waals surface area contributed by atoms with Crippen molar-refractivity contribution in [1.82, 2.24) is 15.5 Å². The van der Waals surface area contributed by atoms with Crippen molar-refractivity contribution in [2.24, 2.45) is 4.99 Å². The number of benzene rings is 2. The number of hydrogen-bond acceptors (Lipinski definition) is 3. The van der Waals surface area contributed by atoms with Gasteiger partial charge in [-0.15, -0.1) is 24.0 Å². The molecule has 2 rings (SSSR count). The maximum atomic E-state index is 12.0. The molecule has 2 N–H and O–H groups in total. The van der Waals surface area contributed by atoms with Gasteiger partial charge >= 0.3 is 0 Å². The lowest BCUT2D eigenvalue weighted by Gasteiger charge is -2.22. The van der Waals surface area contributed by atoms with Crippen LogP contribution in [-0.4, -0.2) is 50.6 Å². The van der Waals surface area contributed by atoms with Crippen LogP contribution in [0.5, 0.6) is 5.75 Å². The Balaban J connectivity index is 0.00000392. The number of amides is 1. The van der Waals surface area contributed by atoms with Gasteiger partial charge in [-0.2, -0.15) is 0 Å². The molecule has 0 radical (unpaired) electrons. The Morgan fingerprint density at radius 1 is 1.07 bits per heavy atom. The van der Waals surface area contributed by atoms with Crippen molar-refractivity contribution in [3.63, 3.8) is 0 Å². The van der Waals surface area contributed by atoms with Crippen LogP contribution >= 0.6 is 24.0 Å². The second kappa shape index (κ2) is 13.0. The van der Waals surface area contributed by atoms with Gasteiger partial charge in [0.05, 0.1) is 13.7 Å². The number of rotatable bonds is 8. The van der Waals surface area contributed by atoms with Gasteiger partial charge in [0.1, 0.15) is 5.75 Å². The molecule has 7 heteroatoms. The van der Waals surface area contributed by atoms with E-state index in [4.69, 9.17) is 4.74 Å². The third-order valence-electron chi connectivity index (χ3n) is 3.97. The molecule has 0 aliphatic rings. The Morgan fingerprint density at radius 2 is 1.75 bits per heavy atom. The van der Waals surface area contributed by atoms with Gasteiger partial charge in [-0.25, -0.2) is 0 Å². The van der Waals surface area contributed by atoms with Gasteiger partial charge in [0.15, 0.2) is 5.96 Å². The molecule has 0 aliphatic heterocycles. The normalized spacial score (nSPS) is 10.6. The molecule has 0 aliphatic carbocycles. The summed E-state index contributed by atoms with van der Waals surface area (Å²) < 4.78 is 5.19. The van der Waals surface area contributed by atoms with E-state index in [-0.39, 0.29) is 29.9 Å². The lowest BCUT2D eigenvalue weighted by molar-refractivity contribution is 0.0955. The number of guanidine groups is 1. The number of nitrogens with one attached hydrogen (secondary N) is 2. The quantitative estimate of drug-likeness (QED) is 0.255. The molecule has 0 saturated carbocycles. The van der Waals surface area contributed by atoms with E-state index in [9.17, 15) is 4.79 Å². The number of halogens is 1. The zero-order valence-electron chi connectivity index (χ0n) is 16.6. The fourth-order valence-electron chi connectivity index (χ4n) is 2.57. The average Bonchev–Trinajstić information content (AvgIpc) is 2.71. The number of carbonyl (C=O) groups is 1. The van der Waals surface area contributed by atoms with Crippen molar-refractivity contribution in [3.05, 3.63) is 65.7 Å². The molecule has 0 bridgehead atoms. The maximum absolute atomic E-state index is 12.0. The first-order valence-electron chi connectivity index (χ1n) is 9.09. The Hall–Kier alpha value is -2.29. The highest BCUT2D eigenvalue weighted by Gasteiger charge is 2.07. The van der Waals surface area contributed by atoms with Crippen molar-refractivity contribution in [1.29, 1.82) is 0 Å². The number of nitrogens with zero attached hydrogens (tertiary/aromatic N) is 2. The van der Waals surface area contributed by atoms with Crippen LogP contribution < -0.4 is 15.4 Å². The summed E-state index contributed by atoms with van der Waals surface area (Å²) in [6, 6.07) is 17.2. The molecule has 0 fully saturated rings. The Morgan fingerprint density at radius 3 is 2.36 bits per heavy atom. The summed E-state index contributed by atoms with van der Waals surface area (Å²) in [4.78, 5) is 18.7. The van der Waals surface area contributed by atoms with Crippen LogP contribution in [0.25, 0.3) is 0 Å². The zero-order chi connectivity index (χ0) is 19.5. The summed E-state index contributed by atoms with van der Waals surface area (Å²) in [7, 11) is 3.65. The highest BCUT2D eigenvalue weighted by Crippen LogP contribution is 2.12. The van der Waals surface area contributed by atoms with E-state index in [0.717, 1.165) is 24.8 Å². The number of hydrogen-bond donors (Lipinski definition) is 2. The molecule has 28 heavy (non-hydrogen) atoms. The van der Waals surface area contributed by atoms with E-state index in [1.54, 1.807) is 19.2 Å². The van der Waals surface area contributed by atoms with Gasteiger partial charge in [0.2, 0.25) is 0 Å². The van der Waals surface area contributed by atoms with Gasteiger partial charge < -0.3 is 20.3 Å². The van der Waals surface area contributed by atoms with E-state index in [1.165, 1.54) is 5.56 Å². The average molecular weight is 496 g/mol. The van der Waals surface area contributed by atoms with Crippen LogP contribution in [0.2, 0.25) is 0 Å². The molecule has 152 valence electrons. The maximum Gasteiger partial charge on any atom is 0.251 e. The molecular formula is C21H29IN4O2. The van der Waals surface area contributed by atoms with Gasteiger partial charge in [-0.3, -0.25) is 9.79 Å². The molecule has 0 heterocycles. The third kappa shape index (κ3) is 7.75. The summed E-state index contributed by atoms with van der Waals surface area (Å²) in [5.74, 6) is 1.57. The minimum absolute atomic E-state index is 0. The fraction of sp³-hybridized carbons (Fsp3) is 0.333. The number of aliphatic imine (C=N–C) groups is 1. The minimum atomic E-state index is -0.0811. The van der Waals surface area contributed by atoms with Crippen molar-refractivity contribution in [2.75, 3.05) is 33.8 Å². The van der Waals surface area contributed by atoms with Gasteiger partial charge in [-0.05, 0) is 36.8 Å². The first kappa shape index (κ1) is 23.7. The first-order chi connectivity index (χ1) is 13.1. The fourth-order valence-corrected chi connectivity index (χ4v) is 2.57. The largest absolute Gasteiger partial charge is 0.497 e. The number of methoxy groups -OCH3 is 1. The SMILES string of the molecule is CCNC(=NCCNC(=O)c1ccccc1)N(C)Cc1ccc(OC)cc1.I. The predicted molar refractivity (Wildman–Crippen MR) is 125 cm³/mol. The molecule has 2 aromatic rings. The Kier molecular flexibility index (Phi) is 11.0. The first-order valence-corrected chi connectivity index (χ1v) is 9.09. The lowest BCUT2D eigenvalue weighted by atomic mass is 10.2. The molecule has 0 spiro atoms. The van der Waals surface area contributed by atoms with Crippen molar-refractivity contribution in [3.8, 4) is 5.75 Å². The van der Waals surface area contributed by atoms with E-state index in [0.29, 0.717) is 18.7 Å². The van der Waals surface area contributed by atoms with Crippen LogP contribution in [0.4, 0.5) is 0 Å². The Labute approximate surface area is 184 Å². The van der Waals surface area contributed by atoms with Crippen LogP contribution in [0.3, 0.4) is 0 Å². The highest BCUT2D eigenvalue weighted by atomic mass is 127. The monoisotopic (exact) mass is 496 g/mol. The molecule has 0 saturated heterocycles. The number of ether oxygens (including phenoxy) is 1. The van der Waals surface area contributed by atoms with Gasteiger partial charge in [-0.1, -0.05) is 30.3 Å². The zero-order valence-corrected chi connectivity index (χ0v) is 19.0. The summed E-state index contributed by atoms with van der Waals surface area (Å²) >= 11 is 0. The lowest BCUT2D eigenvalue weighted by Crippen LogP contribution is -2.39. The molecular weight excluding hydrogens is 467 g/mol. The Bertz CT molecular complexity index is 736. The predicted octanol–water partition coefficient (Wildman–Crippen LogP) is 3.14. The topological polar surface area (TPSA) is 66.0 Å². The number of carbonyl (C=O) groups excluding carboxylic acids is 1. The summed E-state index contributed by atoms with van der Waals surface area (Å²) in [5.41, 5.74) is 1.83. The van der Waals surface area contributed by atoms with Crippen molar-refractivity contribution >= 4 is 35.8 Å². The van der Waals surface area contributed by atoms with Crippen LogP contribution in [-0.2, 0) is 6.54 Å². The summed E-state index contributed by atoms with van der Waals surface area (Å²) in [5, 5.41) is 6.18. The van der Waals surface area contributed by atoms with Crippen LogP contribution in [0.1, 0.15) is 22.8 Å². The molecule has 0 atom stereocenters. The standard InChI is InChI=1S/C21H28N4O2.HI/c1-4-22-21(25(2)16-17-10-12-19(27-3)13-11-17)24-15-14-23-20(26)18-8-6-5-7-9-18;/h5-13H,4,14-16H2,1-3H3,(H,22,24)(H,23,26);1H. The summed E-state index contributed by atoms with van der Waals surface area (Å²) in [6.07, 6.45) is 0. The van der Waals surface area contributed by atoms with E-state index < -0.39 is 0 Å². The van der Waals surface area contributed by atoms with Crippen LogP contribution in [0, 0.1) is 0 Å². The van der Waals surface area contributed by atoms with Crippen molar-refractivity contribution in [2.45, 2.75) is 13.5 Å². The van der Waals surface area contributed by atoms with Crippen LogP contribution in [0.15, 0.2) is 59.6 Å². The highest BCUT2D eigenvalue weighted by molar-refractivity contribution is 14.0. The van der Waals surface area contributed by atoms with Gasteiger partial charge in [0.25, 0.3) is 5.91 Å². The second-order valence-corrected chi connectivity index (χ2v) is 6.06. The molecule has 1 amide bonds. The third-order valence-corrected chi connectivity index (χ3v) is 3.97. The molecule has 2 aromatic carbocycles. The van der Waals surface area contributed by atoms with E-state index >= 15 is 0 Å².